The number of benzene rings is 1. The number of ether oxygens (including phenoxy) is 2. The van der Waals surface area contributed by atoms with Gasteiger partial charge < -0.3 is 20.1 Å². The van der Waals surface area contributed by atoms with Crippen molar-refractivity contribution in [3.63, 3.8) is 0 Å². The summed E-state index contributed by atoms with van der Waals surface area (Å²) in [5.74, 6) is 1.90. The molecule has 2 rings (SSSR count). The van der Waals surface area contributed by atoms with Gasteiger partial charge in [0.15, 0.2) is 0 Å². The molecule has 1 fully saturated rings. The Hall–Kier alpha value is -1.50. The second-order valence-corrected chi connectivity index (χ2v) is 6.06. The molecule has 1 atom stereocenters. The Labute approximate surface area is 150 Å². The maximum absolute atomic E-state index is 12.2. The van der Waals surface area contributed by atoms with Crippen molar-refractivity contribution in [1.29, 1.82) is 0 Å². The number of carbonyl (C=O) groups is 1. The Kier molecular flexibility index (Phi) is 8.89. The molecule has 0 radical (unpaired) electrons. The van der Waals surface area contributed by atoms with Gasteiger partial charge in [-0.15, -0.1) is 12.4 Å². The van der Waals surface area contributed by atoms with Crippen molar-refractivity contribution in [3.05, 3.63) is 18.2 Å². The van der Waals surface area contributed by atoms with Gasteiger partial charge in [-0.05, 0) is 38.9 Å². The van der Waals surface area contributed by atoms with Crippen LogP contribution in [0.2, 0.25) is 0 Å². The maximum Gasteiger partial charge on any atom is 0.238 e. The highest BCUT2D eigenvalue weighted by Gasteiger charge is 2.16. The number of halogens is 1. The largest absolute Gasteiger partial charge is 0.497 e. The number of carbonyl (C=O) groups excluding carboxylic acids is 1. The average molecular weight is 358 g/mol. The van der Waals surface area contributed by atoms with Gasteiger partial charge in [-0.2, -0.15) is 0 Å². The monoisotopic (exact) mass is 357 g/mol. The van der Waals surface area contributed by atoms with Crippen LogP contribution in [0, 0.1) is 5.92 Å². The van der Waals surface area contributed by atoms with Crippen molar-refractivity contribution in [2.24, 2.45) is 5.92 Å². The summed E-state index contributed by atoms with van der Waals surface area (Å²) in [5.41, 5.74) is 0.680. The number of likely N-dealkylation sites (N-methyl/N-ethyl adjacent to an activating group) is 1. The molecular formula is C17H28ClN3O3. The zero-order chi connectivity index (χ0) is 16.7. The molecule has 0 saturated carbocycles. The van der Waals surface area contributed by atoms with Gasteiger partial charge in [-0.3, -0.25) is 9.69 Å². The molecule has 6 nitrogen and oxygen atoms in total. The van der Waals surface area contributed by atoms with E-state index in [-0.39, 0.29) is 18.3 Å². The smallest absolute Gasteiger partial charge is 0.238 e. The van der Waals surface area contributed by atoms with E-state index >= 15 is 0 Å². The molecular weight excluding hydrogens is 330 g/mol. The van der Waals surface area contributed by atoms with Crippen molar-refractivity contribution in [2.75, 3.05) is 52.8 Å². The first-order valence-corrected chi connectivity index (χ1v) is 8.03. The number of piperidine rings is 1. The van der Waals surface area contributed by atoms with E-state index < -0.39 is 0 Å². The first kappa shape index (κ1) is 20.5. The highest BCUT2D eigenvalue weighted by molar-refractivity contribution is 5.92. The highest BCUT2D eigenvalue weighted by Crippen LogP contribution is 2.25. The normalized spacial score (nSPS) is 17.1. The SMILES string of the molecule is COc1cc(NC(=O)CN(C)CC2CCCNC2)cc(OC)c1.Cl. The van der Waals surface area contributed by atoms with Gasteiger partial charge in [0.1, 0.15) is 11.5 Å². The molecule has 0 bridgehead atoms. The van der Waals surface area contributed by atoms with Crippen LogP contribution < -0.4 is 20.1 Å². The summed E-state index contributed by atoms with van der Waals surface area (Å²) in [6.07, 6.45) is 2.44. The third-order valence-electron chi connectivity index (χ3n) is 4.02. The molecule has 7 heteroatoms. The van der Waals surface area contributed by atoms with Crippen molar-refractivity contribution >= 4 is 24.0 Å². The maximum atomic E-state index is 12.2. The Morgan fingerprint density at radius 1 is 1.29 bits per heavy atom. The van der Waals surface area contributed by atoms with Crippen molar-refractivity contribution in [1.82, 2.24) is 10.2 Å². The average Bonchev–Trinajstić information content (AvgIpc) is 2.54. The lowest BCUT2D eigenvalue weighted by Gasteiger charge is -2.27. The van der Waals surface area contributed by atoms with E-state index in [4.69, 9.17) is 9.47 Å². The van der Waals surface area contributed by atoms with Gasteiger partial charge in [0.2, 0.25) is 5.91 Å². The molecule has 0 aliphatic carbocycles. The number of methoxy groups -OCH3 is 2. The second kappa shape index (κ2) is 10.4. The summed E-state index contributed by atoms with van der Waals surface area (Å²) in [5, 5.41) is 6.31. The lowest BCUT2D eigenvalue weighted by Crippen LogP contribution is -2.39. The first-order valence-electron chi connectivity index (χ1n) is 8.03. The Morgan fingerprint density at radius 2 is 1.96 bits per heavy atom. The van der Waals surface area contributed by atoms with E-state index in [0.29, 0.717) is 29.6 Å². The summed E-state index contributed by atoms with van der Waals surface area (Å²) in [6.45, 7) is 3.45. The van der Waals surface area contributed by atoms with E-state index in [1.54, 1.807) is 32.4 Å². The van der Waals surface area contributed by atoms with Crippen LogP contribution in [0.1, 0.15) is 12.8 Å². The predicted octanol–water partition coefficient (Wildman–Crippen LogP) is 2.00. The van der Waals surface area contributed by atoms with Crippen molar-refractivity contribution in [3.8, 4) is 11.5 Å². The van der Waals surface area contributed by atoms with Crippen LogP contribution in [0.25, 0.3) is 0 Å². The summed E-state index contributed by atoms with van der Waals surface area (Å²) in [7, 11) is 5.17. The predicted molar refractivity (Wildman–Crippen MR) is 98.5 cm³/mol. The van der Waals surface area contributed by atoms with Gasteiger partial charge in [0, 0.05) is 30.4 Å². The molecule has 1 unspecified atom stereocenters. The highest BCUT2D eigenvalue weighted by atomic mass is 35.5. The third-order valence-corrected chi connectivity index (χ3v) is 4.02. The van der Waals surface area contributed by atoms with Crippen LogP contribution in [0.5, 0.6) is 11.5 Å². The lowest BCUT2D eigenvalue weighted by atomic mass is 9.99. The van der Waals surface area contributed by atoms with Crippen LogP contribution >= 0.6 is 12.4 Å². The Morgan fingerprint density at radius 3 is 2.50 bits per heavy atom. The Bertz CT molecular complexity index is 500. The molecule has 1 aromatic rings. The molecule has 1 aliphatic heterocycles. The van der Waals surface area contributed by atoms with Gasteiger partial charge in [0.05, 0.1) is 20.8 Å². The molecule has 1 amide bonds. The third kappa shape index (κ3) is 6.55. The number of hydrogen-bond donors (Lipinski definition) is 2. The van der Waals surface area contributed by atoms with Crippen LogP contribution in [0.4, 0.5) is 5.69 Å². The number of rotatable bonds is 7. The number of amides is 1. The second-order valence-electron chi connectivity index (χ2n) is 6.06. The van der Waals surface area contributed by atoms with E-state index in [1.165, 1.54) is 12.8 Å². The molecule has 2 N–H and O–H groups in total. The summed E-state index contributed by atoms with van der Waals surface area (Å²) < 4.78 is 10.4. The number of hydrogen-bond acceptors (Lipinski definition) is 5. The van der Waals surface area contributed by atoms with Crippen LogP contribution in [-0.4, -0.2) is 58.3 Å². The van der Waals surface area contributed by atoms with Crippen LogP contribution in [0.15, 0.2) is 18.2 Å². The van der Waals surface area contributed by atoms with E-state index in [9.17, 15) is 4.79 Å². The zero-order valence-electron chi connectivity index (χ0n) is 14.6. The van der Waals surface area contributed by atoms with Gasteiger partial charge in [-0.25, -0.2) is 0 Å². The van der Waals surface area contributed by atoms with Crippen LogP contribution in [0.3, 0.4) is 0 Å². The minimum absolute atomic E-state index is 0. The molecule has 136 valence electrons. The van der Waals surface area contributed by atoms with Gasteiger partial charge >= 0.3 is 0 Å². The minimum Gasteiger partial charge on any atom is -0.497 e. The standard InChI is InChI=1S/C17H27N3O3.ClH/c1-20(11-13-5-4-6-18-10-13)12-17(21)19-14-7-15(22-2)9-16(8-14)23-3;/h7-9,13,18H,4-6,10-12H2,1-3H3,(H,19,21);1H. The van der Waals surface area contributed by atoms with E-state index in [0.717, 1.165) is 19.6 Å². The number of anilines is 1. The molecule has 1 aromatic carbocycles. The fraction of sp³-hybridized carbons (Fsp3) is 0.588. The molecule has 0 spiro atoms. The van der Waals surface area contributed by atoms with Crippen molar-refractivity contribution < 1.29 is 14.3 Å². The zero-order valence-corrected chi connectivity index (χ0v) is 15.4. The fourth-order valence-electron chi connectivity index (χ4n) is 2.91. The topological polar surface area (TPSA) is 62.8 Å². The molecule has 1 saturated heterocycles. The fourth-order valence-corrected chi connectivity index (χ4v) is 2.91. The number of nitrogens with one attached hydrogen (secondary N) is 2. The van der Waals surface area contributed by atoms with Gasteiger partial charge in [0.25, 0.3) is 0 Å². The summed E-state index contributed by atoms with van der Waals surface area (Å²) in [6, 6.07) is 5.34. The molecule has 0 aromatic heterocycles. The molecule has 1 heterocycles. The quantitative estimate of drug-likeness (QED) is 0.781. The lowest BCUT2D eigenvalue weighted by molar-refractivity contribution is -0.117. The van der Waals surface area contributed by atoms with E-state index in [2.05, 4.69) is 15.5 Å². The molecule has 24 heavy (non-hydrogen) atoms. The molecule has 1 aliphatic rings. The van der Waals surface area contributed by atoms with Crippen molar-refractivity contribution in [2.45, 2.75) is 12.8 Å². The Balaban J connectivity index is 0.00000288. The van der Waals surface area contributed by atoms with E-state index in [1.807, 2.05) is 7.05 Å². The van der Waals surface area contributed by atoms with Crippen LogP contribution in [-0.2, 0) is 4.79 Å². The summed E-state index contributed by atoms with van der Waals surface area (Å²) >= 11 is 0. The minimum atomic E-state index is -0.0356. The first-order chi connectivity index (χ1) is 11.1. The van der Waals surface area contributed by atoms with Gasteiger partial charge in [-0.1, -0.05) is 0 Å². The number of nitrogens with zero attached hydrogens (tertiary/aromatic N) is 1. The summed E-state index contributed by atoms with van der Waals surface area (Å²) in [4.78, 5) is 14.3.